The zero-order chi connectivity index (χ0) is 7.59. The van der Waals surface area contributed by atoms with Gasteiger partial charge in [-0.05, 0) is 18.8 Å². The van der Waals surface area contributed by atoms with E-state index in [1.807, 2.05) is 0 Å². The maximum Gasteiger partial charge on any atom is 0.309 e. The predicted octanol–water partition coefficient (Wildman–Crippen LogP) is -0.0713. The molecule has 2 saturated carbocycles. The molecule has 0 radical (unpaired) electrons. The van der Waals surface area contributed by atoms with Crippen molar-refractivity contribution in [2.24, 2.45) is 17.8 Å². The van der Waals surface area contributed by atoms with Crippen LogP contribution in [0.4, 0.5) is 0 Å². The molecule has 0 aromatic heterocycles. The highest BCUT2D eigenvalue weighted by molar-refractivity contribution is 5.76. The van der Waals surface area contributed by atoms with Gasteiger partial charge in [0.25, 0.3) is 0 Å². The molecule has 11 heavy (non-hydrogen) atoms. The lowest BCUT2D eigenvalue weighted by atomic mass is 9.88. The van der Waals surface area contributed by atoms with E-state index in [2.05, 4.69) is 0 Å². The lowest BCUT2D eigenvalue weighted by molar-refractivity contribution is -0.145. The standard InChI is InChI=1S/C8H10O3/c9-6-3-1-4-5(2-3)8(10)11-7(4)6/h3-7,9H,1-2H2/t3-,4?,5?,6?,7?/m0/s1. The van der Waals surface area contributed by atoms with Crippen LogP contribution in [0.2, 0.25) is 0 Å². The SMILES string of the molecule is O=C1OC2C3C[C@@H](CC13)C2O. The Balaban J connectivity index is 2.04. The fourth-order valence-corrected chi connectivity index (χ4v) is 2.92. The third-order valence-corrected chi connectivity index (χ3v) is 3.44. The molecule has 0 aromatic rings. The summed E-state index contributed by atoms with van der Waals surface area (Å²) < 4.78 is 5.06. The summed E-state index contributed by atoms with van der Waals surface area (Å²) in [6, 6.07) is 0. The van der Waals surface area contributed by atoms with Crippen LogP contribution in [0.1, 0.15) is 12.8 Å². The van der Waals surface area contributed by atoms with E-state index in [9.17, 15) is 9.90 Å². The Labute approximate surface area is 64.3 Å². The van der Waals surface area contributed by atoms with Crippen LogP contribution in [0.5, 0.6) is 0 Å². The first-order valence-electron chi connectivity index (χ1n) is 4.16. The molecule has 0 amide bonds. The minimum absolute atomic E-state index is 0.0703. The molecular formula is C8H10O3. The van der Waals surface area contributed by atoms with Crippen LogP contribution < -0.4 is 0 Å². The van der Waals surface area contributed by atoms with Crippen molar-refractivity contribution in [1.29, 1.82) is 0 Å². The molecular weight excluding hydrogens is 144 g/mol. The van der Waals surface area contributed by atoms with E-state index in [1.165, 1.54) is 0 Å². The van der Waals surface area contributed by atoms with Crippen molar-refractivity contribution in [3.8, 4) is 0 Å². The maximum atomic E-state index is 11.1. The highest BCUT2D eigenvalue weighted by Gasteiger charge is 2.61. The van der Waals surface area contributed by atoms with Gasteiger partial charge in [-0.2, -0.15) is 0 Å². The molecule has 3 fully saturated rings. The van der Waals surface area contributed by atoms with Crippen molar-refractivity contribution < 1.29 is 14.6 Å². The van der Waals surface area contributed by atoms with Gasteiger partial charge in [-0.15, -0.1) is 0 Å². The minimum atomic E-state index is -0.359. The van der Waals surface area contributed by atoms with Gasteiger partial charge in [0.2, 0.25) is 0 Å². The Morgan fingerprint density at radius 2 is 2.27 bits per heavy atom. The second-order valence-electron chi connectivity index (χ2n) is 3.89. The number of rotatable bonds is 0. The summed E-state index contributed by atoms with van der Waals surface area (Å²) in [6.07, 6.45) is 1.36. The van der Waals surface area contributed by atoms with E-state index in [-0.39, 0.29) is 24.1 Å². The first-order chi connectivity index (χ1) is 5.27. The van der Waals surface area contributed by atoms with Gasteiger partial charge in [-0.25, -0.2) is 0 Å². The Kier molecular flexibility index (Phi) is 0.876. The molecule has 60 valence electrons. The molecule has 3 nitrogen and oxygen atoms in total. The van der Waals surface area contributed by atoms with Crippen LogP contribution in [0.3, 0.4) is 0 Å². The number of hydrogen-bond acceptors (Lipinski definition) is 3. The first-order valence-corrected chi connectivity index (χ1v) is 4.16. The molecule has 1 aliphatic heterocycles. The van der Waals surface area contributed by atoms with Gasteiger partial charge in [-0.1, -0.05) is 0 Å². The van der Waals surface area contributed by atoms with Crippen LogP contribution in [-0.2, 0) is 9.53 Å². The fraction of sp³-hybridized carbons (Fsp3) is 0.875. The van der Waals surface area contributed by atoms with Crippen LogP contribution >= 0.6 is 0 Å². The van der Waals surface area contributed by atoms with Gasteiger partial charge in [0.15, 0.2) is 0 Å². The summed E-state index contributed by atoms with van der Waals surface area (Å²) >= 11 is 0. The molecule has 1 saturated heterocycles. The van der Waals surface area contributed by atoms with E-state index in [0.29, 0.717) is 11.8 Å². The molecule has 2 bridgehead atoms. The van der Waals surface area contributed by atoms with Gasteiger partial charge >= 0.3 is 5.97 Å². The van der Waals surface area contributed by atoms with E-state index in [1.54, 1.807) is 0 Å². The molecule has 3 aliphatic rings. The van der Waals surface area contributed by atoms with Crippen LogP contribution in [-0.4, -0.2) is 23.3 Å². The summed E-state index contributed by atoms with van der Waals surface area (Å²) in [4.78, 5) is 11.1. The zero-order valence-corrected chi connectivity index (χ0v) is 6.06. The average Bonchev–Trinajstić information content (AvgIpc) is 2.53. The molecule has 3 rings (SSSR count). The molecule has 5 atom stereocenters. The quantitative estimate of drug-likeness (QED) is 0.497. The number of aliphatic hydroxyl groups excluding tert-OH is 1. The number of esters is 1. The number of hydrogen-bond donors (Lipinski definition) is 1. The Hall–Kier alpha value is -0.570. The van der Waals surface area contributed by atoms with Crippen molar-refractivity contribution in [2.45, 2.75) is 25.0 Å². The number of carbonyl (C=O) groups excluding carboxylic acids is 1. The second-order valence-corrected chi connectivity index (χ2v) is 3.89. The van der Waals surface area contributed by atoms with Crippen molar-refractivity contribution >= 4 is 5.97 Å². The smallest absolute Gasteiger partial charge is 0.309 e. The monoisotopic (exact) mass is 154 g/mol. The molecule has 2 aliphatic carbocycles. The minimum Gasteiger partial charge on any atom is -0.459 e. The van der Waals surface area contributed by atoms with Gasteiger partial charge in [0, 0.05) is 5.92 Å². The normalized spacial score (nSPS) is 58.6. The summed E-state index contributed by atoms with van der Waals surface area (Å²) in [6.45, 7) is 0. The van der Waals surface area contributed by atoms with Gasteiger partial charge in [0.1, 0.15) is 6.10 Å². The summed E-state index contributed by atoms with van der Waals surface area (Å²) in [5.74, 6) is 0.761. The van der Waals surface area contributed by atoms with Crippen molar-refractivity contribution in [1.82, 2.24) is 0 Å². The highest BCUT2D eigenvalue weighted by Crippen LogP contribution is 2.54. The molecule has 0 spiro atoms. The molecule has 0 aromatic carbocycles. The van der Waals surface area contributed by atoms with Gasteiger partial charge in [0.05, 0.1) is 12.0 Å². The lowest BCUT2D eigenvalue weighted by Crippen LogP contribution is -2.31. The summed E-state index contributed by atoms with van der Waals surface area (Å²) in [5, 5.41) is 9.55. The summed E-state index contributed by atoms with van der Waals surface area (Å²) in [5.41, 5.74) is 0. The van der Waals surface area contributed by atoms with E-state index < -0.39 is 0 Å². The van der Waals surface area contributed by atoms with E-state index >= 15 is 0 Å². The average molecular weight is 154 g/mol. The Morgan fingerprint density at radius 1 is 1.45 bits per heavy atom. The van der Waals surface area contributed by atoms with Crippen molar-refractivity contribution in [3.63, 3.8) is 0 Å². The maximum absolute atomic E-state index is 11.1. The number of carbonyl (C=O) groups is 1. The van der Waals surface area contributed by atoms with Crippen LogP contribution in [0, 0.1) is 17.8 Å². The fourth-order valence-electron chi connectivity index (χ4n) is 2.92. The third kappa shape index (κ3) is 0.527. The Bertz CT molecular complexity index is 225. The number of fused-ring (bicyclic) bond motifs is 1. The zero-order valence-electron chi connectivity index (χ0n) is 6.06. The van der Waals surface area contributed by atoms with Crippen molar-refractivity contribution in [2.75, 3.05) is 0 Å². The second kappa shape index (κ2) is 1.61. The van der Waals surface area contributed by atoms with Gasteiger partial charge < -0.3 is 9.84 Å². The van der Waals surface area contributed by atoms with Crippen LogP contribution in [0.25, 0.3) is 0 Å². The number of ether oxygens (including phenoxy) is 1. The van der Waals surface area contributed by atoms with Crippen LogP contribution in [0.15, 0.2) is 0 Å². The third-order valence-electron chi connectivity index (χ3n) is 3.44. The molecule has 1 N–H and O–H groups in total. The topological polar surface area (TPSA) is 46.5 Å². The Morgan fingerprint density at radius 3 is 2.91 bits per heavy atom. The number of aliphatic hydroxyl groups is 1. The van der Waals surface area contributed by atoms with Crippen molar-refractivity contribution in [3.05, 3.63) is 0 Å². The first kappa shape index (κ1) is 6.00. The lowest BCUT2D eigenvalue weighted by Gasteiger charge is -2.19. The highest BCUT2D eigenvalue weighted by atomic mass is 16.6. The van der Waals surface area contributed by atoms with Gasteiger partial charge in [-0.3, -0.25) is 4.79 Å². The van der Waals surface area contributed by atoms with E-state index in [0.717, 1.165) is 12.8 Å². The molecule has 1 heterocycles. The molecule has 3 heteroatoms. The largest absolute Gasteiger partial charge is 0.459 e. The summed E-state index contributed by atoms with van der Waals surface area (Å²) in [7, 11) is 0. The predicted molar refractivity (Wildman–Crippen MR) is 35.6 cm³/mol. The molecule has 4 unspecified atom stereocenters. The van der Waals surface area contributed by atoms with E-state index in [4.69, 9.17) is 4.74 Å².